The summed E-state index contributed by atoms with van der Waals surface area (Å²) in [6, 6.07) is 5.31. The van der Waals surface area contributed by atoms with Gasteiger partial charge >= 0.3 is 5.97 Å². The maximum Gasteiger partial charge on any atom is 0.310 e. The van der Waals surface area contributed by atoms with Gasteiger partial charge in [-0.1, -0.05) is 52.5 Å². The van der Waals surface area contributed by atoms with E-state index in [9.17, 15) is 19.5 Å². The summed E-state index contributed by atoms with van der Waals surface area (Å²) >= 11 is 0. The molecule has 1 fully saturated rings. The molecule has 28 heavy (non-hydrogen) atoms. The highest BCUT2D eigenvalue weighted by molar-refractivity contribution is 5.97. The maximum absolute atomic E-state index is 12.6. The molecule has 3 N–H and O–H groups in total. The topological polar surface area (TPSA) is 95.5 Å². The fourth-order valence-corrected chi connectivity index (χ4v) is 3.53. The van der Waals surface area contributed by atoms with E-state index in [1.807, 2.05) is 33.8 Å². The number of nitrogens with one attached hydrogen (secondary N) is 2. The number of benzene rings is 1. The summed E-state index contributed by atoms with van der Waals surface area (Å²) in [5.74, 6) is -1.30. The summed E-state index contributed by atoms with van der Waals surface area (Å²) in [7, 11) is 0. The first kappa shape index (κ1) is 21.9. The lowest BCUT2D eigenvalue weighted by atomic mass is 9.77. The van der Waals surface area contributed by atoms with Crippen molar-refractivity contribution in [3.8, 4) is 0 Å². The van der Waals surface area contributed by atoms with Crippen LogP contribution in [-0.2, 0) is 14.4 Å². The minimum atomic E-state index is -0.978. The van der Waals surface area contributed by atoms with Gasteiger partial charge in [0.05, 0.1) is 5.41 Å². The highest BCUT2D eigenvalue weighted by Gasteiger charge is 2.40. The first-order chi connectivity index (χ1) is 13.0. The molecule has 1 aliphatic carbocycles. The lowest BCUT2D eigenvalue weighted by Crippen LogP contribution is -2.35. The van der Waals surface area contributed by atoms with Crippen LogP contribution >= 0.6 is 0 Å². The number of carboxylic acid groups (broad SMARTS) is 1. The summed E-state index contributed by atoms with van der Waals surface area (Å²) in [5, 5.41) is 15.5. The SMILES string of the molecule is Cc1ccc(NC(=O)CC2(C(=O)O)CCCCCC2)cc1NC(=O)C(C)(C)C. The van der Waals surface area contributed by atoms with E-state index < -0.39 is 16.8 Å². The summed E-state index contributed by atoms with van der Waals surface area (Å²) in [6.45, 7) is 7.39. The van der Waals surface area contributed by atoms with Crippen LogP contribution in [0.3, 0.4) is 0 Å². The molecule has 1 aliphatic rings. The van der Waals surface area contributed by atoms with E-state index in [2.05, 4.69) is 10.6 Å². The van der Waals surface area contributed by atoms with E-state index in [0.717, 1.165) is 31.2 Å². The minimum absolute atomic E-state index is 0.0279. The van der Waals surface area contributed by atoms with Crippen LogP contribution in [0.4, 0.5) is 11.4 Å². The first-order valence-electron chi connectivity index (χ1n) is 9.99. The Hall–Kier alpha value is -2.37. The third kappa shape index (κ3) is 5.57. The molecule has 0 heterocycles. The van der Waals surface area contributed by atoms with E-state index in [0.29, 0.717) is 24.2 Å². The molecule has 0 bridgehead atoms. The third-order valence-corrected chi connectivity index (χ3v) is 5.46. The second kappa shape index (κ2) is 8.76. The average Bonchev–Trinajstić information content (AvgIpc) is 2.83. The molecule has 0 aromatic heterocycles. The fraction of sp³-hybridized carbons (Fsp3) is 0.591. The van der Waals surface area contributed by atoms with Crippen molar-refractivity contribution in [2.75, 3.05) is 10.6 Å². The van der Waals surface area contributed by atoms with Crippen LogP contribution in [0.2, 0.25) is 0 Å². The zero-order chi connectivity index (χ0) is 20.9. The molecular weight excluding hydrogens is 356 g/mol. The monoisotopic (exact) mass is 388 g/mol. The van der Waals surface area contributed by atoms with Crippen molar-refractivity contribution in [2.45, 2.75) is 72.6 Å². The van der Waals surface area contributed by atoms with Crippen LogP contribution < -0.4 is 10.6 Å². The zero-order valence-electron chi connectivity index (χ0n) is 17.4. The predicted octanol–water partition coefficient (Wildman–Crippen LogP) is 4.73. The number of hydrogen-bond acceptors (Lipinski definition) is 3. The second-order valence-electron chi connectivity index (χ2n) is 8.96. The van der Waals surface area contributed by atoms with Gasteiger partial charge < -0.3 is 15.7 Å². The van der Waals surface area contributed by atoms with Crippen molar-refractivity contribution in [1.82, 2.24) is 0 Å². The van der Waals surface area contributed by atoms with Crippen LogP contribution in [-0.4, -0.2) is 22.9 Å². The molecule has 0 atom stereocenters. The Balaban J connectivity index is 2.12. The normalized spacial score (nSPS) is 16.7. The van der Waals surface area contributed by atoms with Gasteiger partial charge in [0.2, 0.25) is 11.8 Å². The largest absolute Gasteiger partial charge is 0.481 e. The Morgan fingerprint density at radius 2 is 1.64 bits per heavy atom. The van der Waals surface area contributed by atoms with E-state index in [4.69, 9.17) is 0 Å². The summed E-state index contributed by atoms with van der Waals surface area (Å²) in [6.07, 6.45) is 4.77. The molecule has 6 nitrogen and oxygen atoms in total. The Bertz CT molecular complexity index is 741. The molecule has 6 heteroatoms. The van der Waals surface area contributed by atoms with Gasteiger partial charge in [0.15, 0.2) is 0 Å². The van der Waals surface area contributed by atoms with Crippen molar-refractivity contribution >= 4 is 29.2 Å². The number of carboxylic acids is 1. The van der Waals surface area contributed by atoms with Gasteiger partial charge in [0, 0.05) is 23.2 Å². The number of aliphatic carboxylic acids is 1. The first-order valence-corrected chi connectivity index (χ1v) is 9.99. The average molecular weight is 389 g/mol. The Kier molecular flexibility index (Phi) is 6.86. The molecule has 0 aliphatic heterocycles. The van der Waals surface area contributed by atoms with Crippen molar-refractivity contribution in [1.29, 1.82) is 0 Å². The van der Waals surface area contributed by atoms with Gasteiger partial charge in [0.1, 0.15) is 0 Å². The lowest BCUT2D eigenvalue weighted by Gasteiger charge is -2.27. The quantitative estimate of drug-likeness (QED) is 0.635. The Labute approximate surface area is 167 Å². The summed E-state index contributed by atoms with van der Waals surface area (Å²) < 4.78 is 0. The van der Waals surface area contributed by atoms with Crippen LogP contribution in [0.15, 0.2) is 18.2 Å². The molecule has 1 aromatic rings. The molecule has 0 spiro atoms. The van der Waals surface area contributed by atoms with Crippen molar-refractivity contribution in [3.05, 3.63) is 23.8 Å². The van der Waals surface area contributed by atoms with Gasteiger partial charge in [0.25, 0.3) is 0 Å². The molecule has 154 valence electrons. The van der Waals surface area contributed by atoms with E-state index >= 15 is 0 Å². The van der Waals surface area contributed by atoms with Gasteiger partial charge in [-0.05, 0) is 37.5 Å². The number of anilines is 2. The number of carbonyl (C=O) groups excluding carboxylic acids is 2. The number of aryl methyl sites for hydroxylation is 1. The number of carbonyl (C=O) groups is 3. The Morgan fingerprint density at radius 1 is 1.04 bits per heavy atom. The molecule has 0 radical (unpaired) electrons. The van der Waals surface area contributed by atoms with Crippen molar-refractivity contribution < 1.29 is 19.5 Å². The molecule has 2 amide bonds. The van der Waals surface area contributed by atoms with E-state index in [1.54, 1.807) is 12.1 Å². The molecule has 0 saturated heterocycles. The molecule has 1 saturated carbocycles. The van der Waals surface area contributed by atoms with Gasteiger partial charge in [-0.3, -0.25) is 14.4 Å². The highest BCUT2D eigenvalue weighted by atomic mass is 16.4. The van der Waals surface area contributed by atoms with Crippen molar-refractivity contribution in [2.24, 2.45) is 10.8 Å². The summed E-state index contributed by atoms with van der Waals surface area (Å²) in [4.78, 5) is 36.8. The van der Waals surface area contributed by atoms with E-state index in [-0.39, 0.29) is 18.2 Å². The van der Waals surface area contributed by atoms with Crippen LogP contribution in [0, 0.1) is 17.8 Å². The van der Waals surface area contributed by atoms with Crippen molar-refractivity contribution in [3.63, 3.8) is 0 Å². The minimum Gasteiger partial charge on any atom is -0.481 e. The van der Waals surface area contributed by atoms with Gasteiger partial charge in [-0.15, -0.1) is 0 Å². The summed E-state index contributed by atoms with van der Waals surface area (Å²) in [5.41, 5.74) is 0.573. The van der Waals surface area contributed by atoms with Crippen LogP contribution in [0.5, 0.6) is 0 Å². The standard InChI is InChI=1S/C22H32N2O4/c1-15-9-10-16(13-17(15)24-19(26)21(2,3)4)23-18(25)14-22(20(27)28)11-7-5-6-8-12-22/h9-10,13H,5-8,11-12,14H2,1-4H3,(H,23,25)(H,24,26)(H,27,28). The zero-order valence-corrected chi connectivity index (χ0v) is 17.4. The second-order valence-corrected chi connectivity index (χ2v) is 8.96. The number of rotatable bonds is 5. The lowest BCUT2D eigenvalue weighted by molar-refractivity contribution is -0.152. The van der Waals surface area contributed by atoms with E-state index in [1.165, 1.54) is 0 Å². The van der Waals surface area contributed by atoms with Crippen LogP contribution in [0.25, 0.3) is 0 Å². The molecule has 0 unspecified atom stereocenters. The highest BCUT2D eigenvalue weighted by Crippen LogP contribution is 2.38. The maximum atomic E-state index is 12.6. The molecule has 2 rings (SSSR count). The third-order valence-electron chi connectivity index (χ3n) is 5.46. The molecule has 1 aromatic carbocycles. The fourth-order valence-electron chi connectivity index (χ4n) is 3.53. The smallest absolute Gasteiger partial charge is 0.310 e. The number of amides is 2. The van der Waals surface area contributed by atoms with Gasteiger partial charge in [-0.25, -0.2) is 0 Å². The predicted molar refractivity (Wildman–Crippen MR) is 110 cm³/mol. The molecular formula is C22H32N2O4. The van der Waals surface area contributed by atoms with Gasteiger partial charge in [-0.2, -0.15) is 0 Å². The Morgan fingerprint density at radius 3 is 2.18 bits per heavy atom. The number of hydrogen-bond donors (Lipinski definition) is 3. The van der Waals surface area contributed by atoms with Crippen LogP contribution in [0.1, 0.15) is 71.3 Å².